The molecule has 258 valence electrons. The van der Waals surface area contributed by atoms with Gasteiger partial charge in [-0.2, -0.15) is 0 Å². The van der Waals surface area contributed by atoms with Crippen LogP contribution in [0, 0.1) is 0 Å². The third-order valence-electron chi connectivity index (χ3n) is 10.9. The largest absolute Gasteiger partial charge is 0.456 e. The quantitative estimate of drug-likeness (QED) is 0.162. The summed E-state index contributed by atoms with van der Waals surface area (Å²) in [6.07, 6.45) is 0. The SMILES string of the molecule is c1ccc(-c2cc3cccc(-c4ccccc4N(c4ccc(-c5cc6ccccc6c6ccccc56)cc4)c4cccc5oc6ccccc6c45)c3o2)cc1. The van der Waals surface area contributed by atoms with E-state index in [2.05, 4.69) is 175 Å². The molecule has 2 heterocycles. The van der Waals surface area contributed by atoms with Crippen molar-refractivity contribution >= 4 is 71.5 Å². The highest BCUT2D eigenvalue weighted by atomic mass is 16.3. The molecular weight excluding hydrogens is 671 g/mol. The smallest absolute Gasteiger partial charge is 0.142 e. The maximum Gasteiger partial charge on any atom is 0.142 e. The third-order valence-corrected chi connectivity index (χ3v) is 10.9. The Bertz CT molecular complexity index is 3210. The molecule has 3 nitrogen and oxygen atoms in total. The van der Waals surface area contributed by atoms with Crippen molar-refractivity contribution in [1.29, 1.82) is 0 Å². The Kier molecular flexibility index (Phi) is 7.17. The number of fused-ring (bicyclic) bond motifs is 7. The van der Waals surface area contributed by atoms with Gasteiger partial charge in [0.1, 0.15) is 22.5 Å². The van der Waals surface area contributed by atoms with Crippen LogP contribution in [0.25, 0.3) is 88.0 Å². The molecule has 0 radical (unpaired) electrons. The second-order valence-electron chi connectivity index (χ2n) is 14.0. The van der Waals surface area contributed by atoms with Crippen LogP contribution >= 0.6 is 0 Å². The van der Waals surface area contributed by atoms with Crippen molar-refractivity contribution in [2.45, 2.75) is 0 Å². The van der Waals surface area contributed by atoms with Crippen molar-refractivity contribution in [3.05, 3.63) is 200 Å². The van der Waals surface area contributed by atoms with Crippen molar-refractivity contribution in [2.75, 3.05) is 4.90 Å². The minimum absolute atomic E-state index is 0.848. The van der Waals surface area contributed by atoms with E-state index in [1.54, 1.807) is 0 Å². The number of benzene rings is 9. The summed E-state index contributed by atoms with van der Waals surface area (Å²) in [5.41, 5.74) is 11.2. The number of furan rings is 2. The summed E-state index contributed by atoms with van der Waals surface area (Å²) in [6.45, 7) is 0. The molecule has 9 aromatic carbocycles. The minimum atomic E-state index is 0.848. The number of para-hydroxylation sites is 3. The van der Waals surface area contributed by atoms with E-state index in [0.717, 1.165) is 72.4 Å². The van der Waals surface area contributed by atoms with E-state index in [1.807, 2.05) is 30.3 Å². The second kappa shape index (κ2) is 12.6. The fourth-order valence-electron chi connectivity index (χ4n) is 8.35. The molecule has 0 bridgehead atoms. The number of anilines is 3. The standard InChI is InChI=1S/C52H33NO2/c1-2-14-35(15-3-1)50-33-37-17-12-23-43(52(37)55-50)42-21-8-10-24-46(42)53(47-25-13-27-49-51(47)44-22-9-11-26-48(44)54-49)38-30-28-34(29-31-38)45-32-36-16-4-5-18-39(36)40-19-6-7-20-41(40)45/h1-33H. The average molecular weight is 704 g/mol. The molecule has 0 fully saturated rings. The summed E-state index contributed by atoms with van der Waals surface area (Å²) in [7, 11) is 0. The second-order valence-corrected chi connectivity index (χ2v) is 14.0. The first kappa shape index (κ1) is 31.2. The van der Waals surface area contributed by atoms with Gasteiger partial charge in [-0.1, -0.05) is 152 Å². The molecule has 0 saturated heterocycles. The van der Waals surface area contributed by atoms with E-state index in [1.165, 1.54) is 32.7 Å². The first-order chi connectivity index (χ1) is 27.3. The van der Waals surface area contributed by atoms with Crippen LogP contribution in [0.4, 0.5) is 17.1 Å². The van der Waals surface area contributed by atoms with E-state index >= 15 is 0 Å². The zero-order chi connectivity index (χ0) is 36.3. The van der Waals surface area contributed by atoms with Crippen LogP contribution in [0.5, 0.6) is 0 Å². The lowest BCUT2D eigenvalue weighted by atomic mass is 9.93. The van der Waals surface area contributed by atoms with Crippen LogP contribution in [-0.4, -0.2) is 0 Å². The minimum Gasteiger partial charge on any atom is -0.456 e. The number of rotatable bonds is 6. The molecule has 0 atom stereocenters. The van der Waals surface area contributed by atoms with E-state index in [9.17, 15) is 0 Å². The van der Waals surface area contributed by atoms with E-state index < -0.39 is 0 Å². The van der Waals surface area contributed by atoms with Crippen LogP contribution < -0.4 is 4.90 Å². The van der Waals surface area contributed by atoms with Crippen molar-refractivity contribution in [3.63, 3.8) is 0 Å². The maximum atomic E-state index is 6.70. The molecule has 11 rings (SSSR count). The molecule has 0 aliphatic carbocycles. The van der Waals surface area contributed by atoms with Gasteiger partial charge in [0.25, 0.3) is 0 Å². The summed E-state index contributed by atoms with van der Waals surface area (Å²) in [5.74, 6) is 0.851. The molecule has 0 aliphatic rings. The number of nitrogens with zero attached hydrogens (tertiary/aromatic N) is 1. The Labute approximate surface area is 317 Å². The Balaban J connectivity index is 1.13. The first-order valence-corrected chi connectivity index (χ1v) is 18.7. The lowest BCUT2D eigenvalue weighted by molar-refractivity contribution is 0.632. The molecule has 0 N–H and O–H groups in total. The maximum absolute atomic E-state index is 6.70. The van der Waals surface area contributed by atoms with Gasteiger partial charge in [0.15, 0.2) is 0 Å². The van der Waals surface area contributed by atoms with Crippen LogP contribution in [-0.2, 0) is 0 Å². The van der Waals surface area contributed by atoms with Gasteiger partial charge in [-0.25, -0.2) is 0 Å². The summed E-state index contributed by atoms with van der Waals surface area (Å²) in [6, 6.07) is 70.9. The van der Waals surface area contributed by atoms with Gasteiger partial charge in [-0.05, 0) is 81.2 Å². The van der Waals surface area contributed by atoms with E-state index in [0.29, 0.717) is 0 Å². The summed E-state index contributed by atoms with van der Waals surface area (Å²) < 4.78 is 13.1. The van der Waals surface area contributed by atoms with Crippen LogP contribution in [0.1, 0.15) is 0 Å². The van der Waals surface area contributed by atoms with Crippen molar-refractivity contribution < 1.29 is 8.83 Å². The fraction of sp³-hybridized carbons (Fsp3) is 0. The van der Waals surface area contributed by atoms with Crippen LogP contribution in [0.3, 0.4) is 0 Å². The number of hydrogen-bond acceptors (Lipinski definition) is 3. The van der Waals surface area contributed by atoms with Crippen molar-refractivity contribution in [2.24, 2.45) is 0 Å². The Morgan fingerprint density at radius 2 is 0.982 bits per heavy atom. The molecule has 0 aliphatic heterocycles. The summed E-state index contributed by atoms with van der Waals surface area (Å²) >= 11 is 0. The van der Waals surface area contributed by atoms with Gasteiger partial charge >= 0.3 is 0 Å². The van der Waals surface area contributed by atoms with Gasteiger partial charge in [0.2, 0.25) is 0 Å². The Morgan fingerprint density at radius 1 is 0.345 bits per heavy atom. The predicted molar refractivity (Wildman–Crippen MR) is 229 cm³/mol. The van der Waals surface area contributed by atoms with Gasteiger partial charge in [-0.15, -0.1) is 0 Å². The Morgan fingerprint density at radius 3 is 1.85 bits per heavy atom. The summed E-state index contributed by atoms with van der Waals surface area (Å²) in [4.78, 5) is 2.38. The molecule has 11 aromatic rings. The third kappa shape index (κ3) is 5.13. The van der Waals surface area contributed by atoms with Crippen LogP contribution in [0.2, 0.25) is 0 Å². The fourth-order valence-corrected chi connectivity index (χ4v) is 8.35. The first-order valence-electron chi connectivity index (χ1n) is 18.7. The van der Waals surface area contributed by atoms with Crippen molar-refractivity contribution in [3.8, 4) is 33.6 Å². The molecular formula is C52H33NO2. The lowest BCUT2D eigenvalue weighted by Crippen LogP contribution is -2.11. The Hall–Kier alpha value is -7.36. The van der Waals surface area contributed by atoms with Crippen molar-refractivity contribution in [1.82, 2.24) is 0 Å². The highest BCUT2D eigenvalue weighted by Gasteiger charge is 2.23. The average Bonchev–Trinajstić information content (AvgIpc) is 3.87. The molecule has 55 heavy (non-hydrogen) atoms. The lowest BCUT2D eigenvalue weighted by Gasteiger charge is -2.28. The van der Waals surface area contributed by atoms with Gasteiger partial charge in [-0.3, -0.25) is 0 Å². The van der Waals surface area contributed by atoms with Gasteiger partial charge in [0, 0.05) is 33.2 Å². The predicted octanol–water partition coefficient (Wildman–Crippen LogP) is 15.1. The molecule has 0 amide bonds. The van der Waals surface area contributed by atoms with Crippen LogP contribution in [0.15, 0.2) is 209 Å². The monoisotopic (exact) mass is 703 g/mol. The normalized spacial score (nSPS) is 11.6. The molecule has 2 aromatic heterocycles. The summed E-state index contributed by atoms with van der Waals surface area (Å²) in [5, 5.41) is 8.22. The molecule has 3 heteroatoms. The topological polar surface area (TPSA) is 29.5 Å². The molecule has 0 spiro atoms. The zero-order valence-corrected chi connectivity index (χ0v) is 29.8. The highest BCUT2D eigenvalue weighted by Crippen LogP contribution is 2.48. The zero-order valence-electron chi connectivity index (χ0n) is 29.8. The van der Waals surface area contributed by atoms with E-state index in [4.69, 9.17) is 8.83 Å². The highest BCUT2D eigenvalue weighted by molar-refractivity contribution is 6.15. The van der Waals surface area contributed by atoms with Gasteiger partial charge < -0.3 is 13.7 Å². The van der Waals surface area contributed by atoms with E-state index in [-0.39, 0.29) is 0 Å². The number of hydrogen-bond donors (Lipinski definition) is 0. The molecule has 0 unspecified atom stereocenters. The molecule has 0 saturated carbocycles. The van der Waals surface area contributed by atoms with Gasteiger partial charge in [0.05, 0.1) is 16.8 Å².